The minimum atomic E-state index is 0.816. The van der Waals surface area contributed by atoms with Crippen molar-refractivity contribution in [2.75, 3.05) is 0 Å². The smallest absolute Gasteiger partial charge is 0.0407 e. The molecule has 0 aliphatic carbocycles. The minimum absolute atomic E-state index is 0.816. The van der Waals surface area contributed by atoms with Crippen molar-refractivity contribution in [1.29, 1.82) is 0 Å². The molecule has 0 atom stereocenters. The van der Waals surface area contributed by atoms with Crippen molar-refractivity contribution in [2.24, 2.45) is 0 Å². The molecule has 226 valence electrons. The van der Waals surface area contributed by atoms with Gasteiger partial charge in [-0.25, -0.2) is 0 Å². The molecule has 0 nitrogen and oxygen atoms in total. The highest BCUT2D eigenvalue weighted by atomic mass is 14.1. The lowest BCUT2D eigenvalue weighted by atomic mass is 9.90. The van der Waals surface area contributed by atoms with Gasteiger partial charge in [0, 0.05) is 44.2 Å². The number of benzene rings is 5. The van der Waals surface area contributed by atoms with Crippen LogP contribution >= 0.6 is 0 Å². The number of hydrogen-bond donors (Lipinski definition) is 0. The van der Waals surface area contributed by atoms with Gasteiger partial charge in [0.2, 0.25) is 0 Å². The average Bonchev–Trinajstić information content (AvgIpc) is 3.10. The monoisotopic (exact) mass is 594 g/mol. The van der Waals surface area contributed by atoms with Gasteiger partial charge in [0.1, 0.15) is 0 Å². The van der Waals surface area contributed by atoms with E-state index in [1.165, 1.54) is 62.5 Å². The fourth-order valence-corrected chi connectivity index (χ4v) is 5.97. The third-order valence-corrected chi connectivity index (χ3v) is 8.66. The minimum Gasteiger partial charge on any atom is -0.115 e. The van der Waals surface area contributed by atoms with Crippen molar-refractivity contribution in [3.8, 4) is 48.4 Å². The van der Waals surface area contributed by atoms with Gasteiger partial charge in [-0.1, -0.05) is 124 Å². The molecule has 0 fully saturated rings. The summed E-state index contributed by atoms with van der Waals surface area (Å²) in [7, 11) is 0. The Labute approximate surface area is 276 Å². The van der Waals surface area contributed by atoms with Crippen LogP contribution in [0.3, 0.4) is 0 Å². The number of rotatable bonds is 10. The standard InChI is InChI=1S/C46H42/c1-5-9-11-13-15-37-17-21-39(22-18-37)27-31-43-41-29-25-36(8-4)34-46(41)44(42-30-26-35(7-3)33-45(42)43)32-28-40-23-19-38(20-24-40)16-14-12-10-6-2/h3-4,17-26,29-30,33-34H,5-6,9-16H2,1-2H3. The summed E-state index contributed by atoms with van der Waals surface area (Å²) in [5.41, 5.74) is 8.21. The topological polar surface area (TPSA) is 0 Å². The highest BCUT2D eigenvalue weighted by Gasteiger charge is 2.13. The van der Waals surface area contributed by atoms with Crippen LogP contribution in [0.2, 0.25) is 0 Å². The van der Waals surface area contributed by atoms with Gasteiger partial charge in [0.15, 0.2) is 0 Å². The molecule has 5 aromatic carbocycles. The number of terminal acetylenes is 2. The van der Waals surface area contributed by atoms with Gasteiger partial charge in [0.25, 0.3) is 0 Å². The van der Waals surface area contributed by atoms with E-state index >= 15 is 0 Å². The Hall–Kier alpha value is -5.14. The SMILES string of the molecule is C#Cc1ccc2c(C#Cc3ccc(CCCCCC)cc3)c3cc(C#C)ccc3c(C#Cc3ccc(CCCCCC)cc3)c2c1. The van der Waals surface area contributed by atoms with Crippen molar-refractivity contribution in [2.45, 2.75) is 78.1 Å². The van der Waals surface area contributed by atoms with E-state index in [1.54, 1.807) is 0 Å². The van der Waals surface area contributed by atoms with E-state index in [9.17, 15) is 0 Å². The Kier molecular flexibility index (Phi) is 11.4. The molecule has 0 N–H and O–H groups in total. The van der Waals surface area contributed by atoms with Crippen molar-refractivity contribution in [1.82, 2.24) is 0 Å². The molecule has 0 saturated carbocycles. The summed E-state index contributed by atoms with van der Waals surface area (Å²) in [6.45, 7) is 4.50. The van der Waals surface area contributed by atoms with Crippen molar-refractivity contribution in [3.63, 3.8) is 0 Å². The summed E-state index contributed by atoms with van der Waals surface area (Å²) in [5, 5.41) is 4.05. The van der Waals surface area contributed by atoms with Gasteiger partial charge < -0.3 is 0 Å². The Morgan fingerprint density at radius 3 is 1.17 bits per heavy atom. The fourth-order valence-electron chi connectivity index (χ4n) is 5.97. The quantitative estimate of drug-likeness (QED) is 0.0857. The molecule has 0 heteroatoms. The Bertz CT molecular complexity index is 1860. The summed E-state index contributed by atoms with van der Waals surface area (Å²) in [6.07, 6.45) is 24.1. The Balaban J connectivity index is 1.56. The second-order valence-corrected chi connectivity index (χ2v) is 12.1. The molecule has 0 aromatic heterocycles. The third kappa shape index (κ3) is 8.11. The summed E-state index contributed by atoms with van der Waals surface area (Å²) in [5.74, 6) is 19.6. The van der Waals surface area contributed by atoms with Crippen molar-refractivity contribution >= 4 is 21.5 Å². The van der Waals surface area contributed by atoms with Crippen LogP contribution in [0.15, 0.2) is 84.9 Å². The molecular weight excluding hydrogens is 553 g/mol. The second-order valence-electron chi connectivity index (χ2n) is 12.1. The van der Waals surface area contributed by atoms with Gasteiger partial charge in [-0.2, -0.15) is 0 Å². The van der Waals surface area contributed by atoms with Crippen LogP contribution < -0.4 is 0 Å². The molecule has 0 bridgehead atoms. The molecular formula is C46H42. The molecule has 0 radical (unpaired) electrons. The van der Waals surface area contributed by atoms with Gasteiger partial charge in [-0.3, -0.25) is 0 Å². The lowest BCUT2D eigenvalue weighted by Gasteiger charge is -2.12. The lowest BCUT2D eigenvalue weighted by molar-refractivity contribution is 0.667. The lowest BCUT2D eigenvalue weighted by Crippen LogP contribution is -1.93. The third-order valence-electron chi connectivity index (χ3n) is 8.66. The summed E-state index contributed by atoms with van der Waals surface area (Å²) >= 11 is 0. The van der Waals surface area contributed by atoms with Gasteiger partial charge >= 0.3 is 0 Å². The molecule has 0 unspecified atom stereocenters. The first-order valence-electron chi connectivity index (χ1n) is 16.8. The number of hydrogen-bond acceptors (Lipinski definition) is 0. The summed E-state index contributed by atoms with van der Waals surface area (Å²) in [6, 6.07) is 29.6. The maximum absolute atomic E-state index is 5.87. The maximum Gasteiger partial charge on any atom is 0.0407 e. The molecule has 0 saturated heterocycles. The van der Waals surface area contributed by atoms with E-state index < -0.39 is 0 Å². The molecule has 5 rings (SSSR count). The van der Waals surface area contributed by atoms with Crippen molar-refractivity contribution in [3.05, 3.63) is 129 Å². The molecule has 0 heterocycles. The van der Waals surface area contributed by atoms with E-state index in [0.717, 1.165) is 67.8 Å². The normalized spacial score (nSPS) is 10.4. The first-order chi connectivity index (χ1) is 22.6. The van der Waals surface area contributed by atoms with Crippen molar-refractivity contribution < 1.29 is 0 Å². The van der Waals surface area contributed by atoms with Gasteiger partial charge in [-0.05, 0) is 96.1 Å². The zero-order chi connectivity index (χ0) is 32.1. The zero-order valence-electron chi connectivity index (χ0n) is 27.3. The molecule has 0 amide bonds. The van der Waals surface area contributed by atoms with Crippen LogP contribution in [0.4, 0.5) is 0 Å². The predicted molar refractivity (Wildman–Crippen MR) is 198 cm³/mol. The molecule has 46 heavy (non-hydrogen) atoms. The number of aryl methyl sites for hydroxylation is 2. The van der Waals surface area contributed by atoms with Crippen LogP contribution in [-0.4, -0.2) is 0 Å². The summed E-state index contributed by atoms with van der Waals surface area (Å²) < 4.78 is 0. The Morgan fingerprint density at radius 1 is 0.413 bits per heavy atom. The van der Waals surface area contributed by atoms with E-state index in [1.807, 2.05) is 12.1 Å². The van der Waals surface area contributed by atoms with E-state index in [4.69, 9.17) is 12.8 Å². The zero-order valence-corrected chi connectivity index (χ0v) is 27.3. The maximum atomic E-state index is 5.87. The van der Waals surface area contributed by atoms with Crippen LogP contribution in [0.5, 0.6) is 0 Å². The predicted octanol–water partition coefficient (Wildman–Crippen LogP) is 11.0. The van der Waals surface area contributed by atoms with E-state index in [0.29, 0.717) is 0 Å². The highest BCUT2D eigenvalue weighted by Crippen LogP contribution is 2.34. The van der Waals surface area contributed by atoms with Crippen LogP contribution in [0.1, 0.15) is 110 Å². The first-order valence-corrected chi connectivity index (χ1v) is 16.8. The largest absolute Gasteiger partial charge is 0.115 e. The first kappa shape index (κ1) is 32.3. The van der Waals surface area contributed by atoms with Crippen LogP contribution in [0.25, 0.3) is 21.5 Å². The molecule has 0 spiro atoms. The molecule has 0 aliphatic rings. The summed E-state index contributed by atoms with van der Waals surface area (Å²) in [4.78, 5) is 0. The highest BCUT2D eigenvalue weighted by molar-refractivity contribution is 6.10. The van der Waals surface area contributed by atoms with E-state index in [2.05, 4.69) is 122 Å². The number of unbranched alkanes of at least 4 members (excludes halogenated alkanes) is 6. The van der Waals surface area contributed by atoms with Crippen LogP contribution in [0, 0.1) is 48.4 Å². The Morgan fingerprint density at radius 2 is 0.804 bits per heavy atom. The van der Waals surface area contributed by atoms with E-state index in [-0.39, 0.29) is 0 Å². The fraction of sp³-hybridized carbons (Fsp3) is 0.261. The van der Waals surface area contributed by atoms with Gasteiger partial charge in [0.05, 0.1) is 0 Å². The molecule has 0 aliphatic heterocycles. The average molecular weight is 595 g/mol. The van der Waals surface area contributed by atoms with Gasteiger partial charge in [-0.15, -0.1) is 12.8 Å². The number of fused-ring (bicyclic) bond motifs is 2. The van der Waals surface area contributed by atoms with Crippen LogP contribution in [-0.2, 0) is 12.8 Å². The molecule has 5 aromatic rings. The second kappa shape index (κ2) is 16.3.